The van der Waals surface area contributed by atoms with Crippen LogP contribution in [0.3, 0.4) is 0 Å². The number of hydrogen-bond donors (Lipinski definition) is 0. The van der Waals surface area contributed by atoms with Gasteiger partial charge in [-0.3, -0.25) is 0 Å². The summed E-state index contributed by atoms with van der Waals surface area (Å²) in [5.74, 6) is 0. The van der Waals surface area contributed by atoms with E-state index in [0.717, 1.165) is 0 Å². The molecule has 0 amide bonds. The standard InChI is InChI=1S/C47H32/c1-47(2)42-28-30(26-27-41(42)45-35-19-7-5-17-32(35)33-18-6-12-24-40(33)46(45)47)43-36-20-8-10-22-38(36)44(39-23-11-9-21-37(39)43)34-25-13-15-29-14-3-4-16-31(29)34/h3-28H,1-2H3. The molecule has 10 rings (SSSR count). The molecule has 0 fully saturated rings. The zero-order valence-electron chi connectivity index (χ0n) is 26.5. The zero-order chi connectivity index (χ0) is 31.3. The van der Waals surface area contributed by atoms with Crippen LogP contribution in [0.1, 0.15) is 25.0 Å². The van der Waals surface area contributed by atoms with E-state index < -0.39 is 0 Å². The van der Waals surface area contributed by atoms with Gasteiger partial charge in [-0.2, -0.15) is 0 Å². The molecular formula is C47H32. The van der Waals surface area contributed by atoms with Gasteiger partial charge in [0.2, 0.25) is 0 Å². The van der Waals surface area contributed by atoms with Crippen LogP contribution in [0.5, 0.6) is 0 Å². The third kappa shape index (κ3) is 3.59. The van der Waals surface area contributed by atoms with Crippen molar-refractivity contribution in [3.8, 4) is 33.4 Å². The summed E-state index contributed by atoms with van der Waals surface area (Å²) in [6.07, 6.45) is 0. The Hall–Kier alpha value is -5.72. The van der Waals surface area contributed by atoms with Gasteiger partial charge in [-0.05, 0) is 104 Å². The highest BCUT2D eigenvalue weighted by atomic mass is 14.4. The number of hydrogen-bond acceptors (Lipinski definition) is 0. The number of rotatable bonds is 2. The molecule has 0 nitrogen and oxygen atoms in total. The van der Waals surface area contributed by atoms with Crippen LogP contribution in [0, 0.1) is 0 Å². The van der Waals surface area contributed by atoms with E-state index in [1.54, 1.807) is 0 Å². The Balaban J connectivity index is 1.29. The van der Waals surface area contributed by atoms with Crippen molar-refractivity contribution in [2.75, 3.05) is 0 Å². The van der Waals surface area contributed by atoms with Crippen molar-refractivity contribution in [2.45, 2.75) is 19.3 Å². The average Bonchev–Trinajstić information content (AvgIpc) is 3.36. The van der Waals surface area contributed by atoms with E-state index in [2.05, 4.69) is 172 Å². The molecule has 0 spiro atoms. The Morgan fingerprint density at radius 3 is 1.45 bits per heavy atom. The molecular weight excluding hydrogens is 565 g/mol. The van der Waals surface area contributed by atoms with E-state index in [1.165, 1.54) is 98.4 Å². The van der Waals surface area contributed by atoms with Gasteiger partial charge in [0.15, 0.2) is 0 Å². The quantitative estimate of drug-likeness (QED) is 0.138. The van der Waals surface area contributed by atoms with Gasteiger partial charge in [0.25, 0.3) is 0 Å². The van der Waals surface area contributed by atoms with Gasteiger partial charge in [0.05, 0.1) is 0 Å². The Labute approximate surface area is 274 Å². The smallest absolute Gasteiger partial charge is 0.0165 e. The lowest BCUT2D eigenvalue weighted by molar-refractivity contribution is 0.667. The number of benzene rings is 9. The van der Waals surface area contributed by atoms with Gasteiger partial charge in [-0.15, -0.1) is 0 Å². The summed E-state index contributed by atoms with van der Waals surface area (Å²) < 4.78 is 0. The first-order chi connectivity index (χ1) is 23.1. The summed E-state index contributed by atoms with van der Waals surface area (Å²) >= 11 is 0. The number of fused-ring (bicyclic) bond motifs is 11. The topological polar surface area (TPSA) is 0 Å². The van der Waals surface area contributed by atoms with Crippen molar-refractivity contribution >= 4 is 53.9 Å². The van der Waals surface area contributed by atoms with Crippen LogP contribution in [0.4, 0.5) is 0 Å². The summed E-state index contributed by atoms with van der Waals surface area (Å²) in [4.78, 5) is 0. The highest BCUT2D eigenvalue weighted by Crippen LogP contribution is 2.56. The normalized spacial score (nSPS) is 13.5. The molecule has 1 aliphatic rings. The van der Waals surface area contributed by atoms with E-state index in [-0.39, 0.29) is 5.41 Å². The van der Waals surface area contributed by atoms with Crippen molar-refractivity contribution in [2.24, 2.45) is 0 Å². The molecule has 0 unspecified atom stereocenters. The monoisotopic (exact) mass is 596 g/mol. The van der Waals surface area contributed by atoms with Crippen LogP contribution in [-0.2, 0) is 5.41 Å². The van der Waals surface area contributed by atoms with Gasteiger partial charge in [-0.25, -0.2) is 0 Å². The summed E-state index contributed by atoms with van der Waals surface area (Å²) in [6.45, 7) is 4.84. The van der Waals surface area contributed by atoms with Crippen LogP contribution in [0.15, 0.2) is 158 Å². The van der Waals surface area contributed by atoms with Gasteiger partial charge in [0, 0.05) is 5.41 Å². The third-order valence-corrected chi connectivity index (χ3v) is 10.8. The van der Waals surface area contributed by atoms with Gasteiger partial charge >= 0.3 is 0 Å². The molecule has 47 heavy (non-hydrogen) atoms. The van der Waals surface area contributed by atoms with Crippen LogP contribution in [0.25, 0.3) is 87.2 Å². The maximum absolute atomic E-state index is 2.50. The third-order valence-electron chi connectivity index (χ3n) is 10.8. The van der Waals surface area contributed by atoms with Crippen molar-refractivity contribution in [3.05, 3.63) is 169 Å². The molecule has 0 saturated heterocycles. The Bertz CT molecular complexity index is 2700. The minimum atomic E-state index is -0.154. The maximum atomic E-state index is 2.50. The maximum Gasteiger partial charge on any atom is 0.0165 e. The summed E-state index contributed by atoms with van der Waals surface area (Å²) in [5, 5.41) is 13.1. The Morgan fingerprint density at radius 1 is 0.340 bits per heavy atom. The highest BCUT2D eigenvalue weighted by Gasteiger charge is 2.38. The van der Waals surface area contributed by atoms with Crippen molar-refractivity contribution in [1.82, 2.24) is 0 Å². The van der Waals surface area contributed by atoms with Gasteiger partial charge < -0.3 is 0 Å². The zero-order valence-corrected chi connectivity index (χ0v) is 26.5. The molecule has 0 aliphatic heterocycles. The molecule has 0 heteroatoms. The first-order valence-corrected chi connectivity index (χ1v) is 16.6. The van der Waals surface area contributed by atoms with Gasteiger partial charge in [-0.1, -0.05) is 166 Å². The van der Waals surface area contributed by atoms with E-state index >= 15 is 0 Å². The molecule has 0 aromatic heterocycles. The van der Waals surface area contributed by atoms with Crippen molar-refractivity contribution in [1.29, 1.82) is 0 Å². The fourth-order valence-electron chi connectivity index (χ4n) is 8.81. The van der Waals surface area contributed by atoms with Crippen molar-refractivity contribution in [3.63, 3.8) is 0 Å². The SMILES string of the molecule is CC1(C)c2cc(-c3c4ccccc4c(-c4cccc5ccccc45)c4ccccc34)ccc2-c2c1c1ccccc1c1ccccc21. The second-order valence-corrected chi connectivity index (χ2v) is 13.6. The molecule has 0 heterocycles. The second kappa shape index (κ2) is 9.64. The molecule has 0 saturated carbocycles. The molecule has 9 aromatic rings. The lowest BCUT2D eigenvalue weighted by Crippen LogP contribution is -2.15. The fourth-order valence-corrected chi connectivity index (χ4v) is 8.81. The first kappa shape index (κ1) is 26.5. The molecule has 0 radical (unpaired) electrons. The predicted molar refractivity (Wildman–Crippen MR) is 202 cm³/mol. The molecule has 0 N–H and O–H groups in total. The van der Waals surface area contributed by atoms with Crippen LogP contribution >= 0.6 is 0 Å². The first-order valence-electron chi connectivity index (χ1n) is 16.6. The molecule has 9 aromatic carbocycles. The summed E-state index contributed by atoms with van der Waals surface area (Å²) in [7, 11) is 0. The summed E-state index contributed by atoms with van der Waals surface area (Å²) in [5.41, 5.74) is 10.6. The van der Waals surface area contributed by atoms with Gasteiger partial charge in [0.1, 0.15) is 0 Å². The molecule has 220 valence electrons. The largest absolute Gasteiger partial charge is 0.0616 e. The van der Waals surface area contributed by atoms with E-state index in [1.807, 2.05) is 0 Å². The molecule has 0 bridgehead atoms. The predicted octanol–water partition coefficient (Wildman–Crippen LogP) is 13.1. The Morgan fingerprint density at radius 2 is 0.809 bits per heavy atom. The highest BCUT2D eigenvalue weighted by molar-refractivity contribution is 6.24. The van der Waals surface area contributed by atoms with Crippen LogP contribution < -0.4 is 0 Å². The second-order valence-electron chi connectivity index (χ2n) is 13.6. The van der Waals surface area contributed by atoms with E-state index in [0.29, 0.717) is 0 Å². The lowest BCUT2D eigenvalue weighted by Gasteiger charge is -2.25. The Kier molecular flexibility index (Phi) is 5.44. The molecule has 0 atom stereocenters. The van der Waals surface area contributed by atoms with Crippen molar-refractivity contribution < 1.29 is 0 Å². The summed E-state index contributed by atoms with van der Waals surface area (Å²) in [6, 6.07) is 58.7. The average molecular weight is 597 g/mol. The van der Waals surface area contributed by atoms with Crippen LogP contribution in [-0.4, -0.2) is 0 Å². The van der Waals surface area contributed by atoms with E-state index in [4.69, 9.17) is 0 Å². The minimum Gasteiger partial charge on any atom is -0.0616 e. The molecule has 1 aliphatic carbocycles. The van der Waals surface area contributed by atoms with Crippen LogP contribution in [0.2, 0.25) is 0 Å². The van der Waals surface area contributed by atoms with E-state index in [9.17, 15) is 0 Å². The fraction of sp³-hybridized carbons (Fsp3) is 0.0638. The minimum absolute atomic E-state index is 0.154. The lowest BCUT2D eigenvalue weighted by atomic mass is 9.78.